The molecule has 4 heteroatoms. The number of amides is 2. The van der Waals surface area contributed by atoms with E-state index in [4.69, 9.17) is 0 Å². The number of hydrogen-bond acceptors (Lipinski definition) is 2. The van der Waals surface area contributed by atoms with Gasteiger partial charge in [-0.3, -0.25) is 9.59 Å². The summed E-state index contributed by atoms with van der Waals surface area (Å²) < 4.78 is 0. The van der Waals surface area contributed by atoms with Gasteiger partial charge in [0, 0.05) is 17.9 Å². The van der Waals surface area contributed by atoms with E-state index in [2.05, 4.69) is 36.6 Å². The third-order valence-electron chi connectivity index (χ3n) is 7.48. The van der Waals surface area contributed by atoms with Gasteiger partial charge in [0.15, 0.2) is 0 Å². The maximum atomic E-state index is 13.0. The number of benzene rings is 1. The van der Waals surface area contributed by atoms with E-state index in [9.17, 15) is 9.59 Å². The largest absolute Gasteiger partial charge is 0.354 e. The molecular formula is C24H34N2O2. The van der Waals surface area contributed by atoms with Crippen LogP contribution in [0.3, 0.4) is 0 Å². The van der Waals surface area contributed by atoms with Gasteiger partial charge in [0.05, 0.1) is 6.54 Å². The molecule has 0 aromatic heterocycles. The standard InChI is InChI=1S/C24H34N2O2/c1-16(2)21(20-6-4-3-5-7-20)14-25-22(27)15-26-23(28)24-11-17-8-18(12-24)10-19(9-17)13-24/h3-7,16-19,21H,8-15H2,1-2H3,(H,25,27)(H,26,28). The molecule has 4 saturated carbocycles. The summed E-state index contributed by atoms with van der Waals surface area (Å²) in [7, 11) is 0. The van der Waals surface area contributed by atoms with E-state index in [0.29, 0.717) is 12.5 Å². The van der Waals surface area contributed by atoms with Crippen LogP contribution in [0.1, 0.15) is 63.9 Å². The van der Waals surface area contributed by atoms with E-state index < -0.39 is 0 Å². The van der Waals surface area contributed by atoms with Crippen molar-refractivity contribution in [2.75, 3.05) is 13.1 Å². The second-order valence-corrected chi connectivity index (χ2v) is 9.95. The van der Waals surface area contributed by atoms with Crippen LogP contribution in [-0.2, 0) is 9.59 Å². The maximum Gasteiger partial charge on any atom is 0.239 e. The van der Waals surface area contributed by atoms with E-state index in [1.54, 1.807) is 0 Å². The van der Waals surface area contributed by atoms with E-state index >= 15 is 0 Å². The van der Waals surface area contributed by atoms with Gasteiger partial charge in [0.25, 0.3) is 0 Å². The fraction of sp³-hybridized carbons (Fsp3) is 0.667. The van der Waals surface area contributed by atoms with Gasteiger partial charge in [-0.1, -0.05) is 44.2 Å². The average Bonchev–Trinajstić information content (AvgIpc) is 2.65. The quantitative estimate of drug-likeness (QED) is 0.752. The zero-order chi connectivity index (χ0) is 19.7. The van der Waals surface area contributed by atoms with Gasteiger partial charge in [0.2, 0.25) is 11.8 Å². The van der Waals surface area contributed by atoms with Gasteiger partial charge < -0.3 is 10.6 Å². The SMILES string of the molecule is CC(C)C(CNC(=O)CNC(=O)C12CC3CC(CC(C3)C1)C2)c1ccccc1. The highest BCUT2D eigenvalue weighted by Crippen LogP contribution is 2.60. The first-order valence-electron chi connectivity index (χ1n) is 11.0. The smallest absolute Gasteiger partial charge is 0.239 e. The molecule has 28 heavy (non-hydrogen) atoms. The first kappa shape index (κ1) is 19.5. The number of carbonyl (C=O) groups is 2. The summed E-state index contributed by atoms with van der Waals surface area (Å²) in [5.41, 5.74) is 1.06. The molecule has 0 saturated heterocycles. The van der Waals surface area contributed by atoms with Gasteiger partial charge in [0.1, 0.15) is 0 Å². The van der Waals surface area contributed by atoms with Gasteiger partial charge in [-0.05, 0) is 67.8 Å². The van der Waals surface area contributed by atoms with E-state index in [-0.39, 0.29) is 29.7 Å². The number of hydrogen-bond donors (Lipinski definition) is 2. The molecule has 4 bridgehead atoms. The van der Waals surface area contributed by atoms with Crippen molar-refractivity contribution in [1.82, 2.24) is 10.6 Å². The minimum atomic E-state index is -0.181. The van der Waals surface area contributed by atoms with Crippen LogP contribution >= 0.6 is 0 Å². The molecule has 0 radical (unpaired) electrons. The van der Waals surface area contributed by atoms with Crippen molar-refractivity contribution >= 4 is 11.8 Å². The predicted molar refractivity (Wildman–Crippen MR) is 111 cm³/mol. The minimum absolute atomic E-state index is 0.0836. The first-order chi connectivity index (χ1) is 13.4. The minimum Gasteiger partial charge on any atom is -0.354 e. The van der Waals surface area contributed by atoms with E-state index in [0.717, 1.165) is 37.0 Å². The summed E-state index contributed by atoms with van der Waals surface area (Å²) in [5, 5.41) is 6.02. The van der Waals surface area contributed by atoms with Crippen LogP contribution in [0, 0.1) is 29.1 Å². The average molecular weight is 383 g/mol. The lowest BCUT2D eigenvalue weighted by molar-refractivity contribution is -0.147. The second kappa shape index (κ2) is 7.88. The molecule has 1 aromatic rings. The summed E-state index contributed by atoms with van der Waals surface area (Å²) in [6, 6.07) is 10.3. The highest BCUT2D eigenvalue weighted by atomic mass is 16.2. The van der Waals surface area contributed by atoms with Gasteiger partial charge in [-0.15, -0.1) is 0 Å². The predicted octanol–water partition coefficient (Wildman–Crippen LogP) is 3.88. The molecule has 4 aliphatic rings. The van der Waals surface area contributed by atoms with Crippen LogP contribution in [0.5, 0.6) is 0 Å². The molecule has 4 fully saturated rings. The molecule has 4 nitrogen and oxygen atoms in total. The normalized spacial score (nSPS) is 31.6. The lowest BCUT2D eigenvalue weighted by Gasteiger charge is -2.55. The molecule has 1 aromatic carbocycles. The van der Waals surface area contributed by atoms with Crippen LogP contribution in [-0.4, -0.2) is 24.9 Å². The molecule has 0 aliphatic heterocycles. The summed E-state index contributed by atoms with van der Waals surface area (Å²) in [6.45, 7) is 5.06. The van der Waals surface area contributed by atoms with Crippen molar-refractivity contribution in [3.05, 3.63) is 35.9 Å². The van der Waals surface area contributed by atoms with Gasteiger partial charge >= 0.3 is 0 Å². The van der Waals surface area contributed by atoms with Crippen molar-refractivity contribution < 1.29 is 9.59 Å². The number of rotatable bonds is 7. The Kier molecular flexibility index (Phi) is 5.48. The van der Waals surface area contributed by atoms with Crippen LogP contribution in [0.25, 0.3) is 0 Å². The molecule has 2 N–H and O–H groups in total. The molecule has 2 amide bonds. The highest BCUT2D eigenvalue weighted by Gasteiger charge is 2.54. The summed E-state index contributed by atoms with van der Waals surface area (Å²) in [5.74, 6) is 2.98. The van der Waals surface area contributed by atoms with Crippen LogP contribution in [0.2, 0.25) is 0 Å². The third kappa shape index (κ3) is 3.97. The van der Waals surface area contributed by atoms with Crippen molar-refractivity contribution in [1.29, 1.82) is 0 Å². The Bertz CT molecular complexity index is 677. The Labute approximate surface area is 168 Å². The number of carbonyl (C=O) groups excluding carboxylic acids is 2. The van der Waals surface area contributed by atoms with E-state index in [1.165, 1.54) is 24.8 Å². The monoisotopic (exact) mass is 382 g/mol. The van der Waals surface area contributed by atoms with Crippen LogP contribution in [0.15, 0.2) is 30.3 Å². The Morgan fingerprint density at radius 1 is 0.964 bits per heavy atom. The fourth-order valence-corrected chi connectivity index (χ4v) is 6.46. The van der Waals surface area contributed by atoms with Gasteiger partial charge in [-0.25, -0.2) is 0 Å². The lowest BCUT2D eigenvalue weighted by Crippen LogP contribution is -2.54. The lowest BCUT2D eigenvalue weighted by atomic mass is 9.49. The van der Waals surface area contributed by atoms with Crippen molar-refractivity contribution in [3.8, 4) is 0 Å². The summed E-state index contributed by atoms with van der Waals surface area (Å²) in [6.07, 6.45) is 7.08. The summed E-state index contributed by atoms with van der Waals surface area (Å²) >= 11 is 0. The second-order valence-electron chi connectivity index (χ2n) is 9.95. The summed E-state index contributed by atoms with van der Waals surface area (Å²) in [4.78, 5) is 25.4. The molecule has 5 rings (SSSR count). The van der Waals surface area contributed by atoms with Crippen LogP contribution < -0.4 is 10.6 Å². The molecule has 152 valence electrons. The Morgan fingerprint density at radius 3 is 2.07 bits per heavy atom. The molecule has 1 atom stereocenters. The first-order valence-corrected chi connectivity index (χ1v) is 11.0. The zero-order valence-electron chi connectivity index (χ0n) is 17.2. The van der Waals surface area contributed by atoms with Gasteiger partial charge in [-0.2, -0.15) is 0 Å². The molecule has 1 unspecified atom stereocenters. The topological polar surface area (TPSA) is 58.2 Å². The Morgan fingerprint density at radius 2 is 1.54 bits per heavy atom. The fourth-order valence-electron chi connectivity index (χ4n) is 6.46. The third-order valence-corrected chi connectivity index (χ3v) is 7.48. The van der Waals surface area contributed by atoms with Crippen LogP contribution in [0.4, 0.5) is 0 Å². The molecule has 0 spiro atoms. The Hall–Kier alpha value is -1.84. The van der Waals surface area contributed by atoms with Crippen molar-refractivity contribution in [2.24, 2.45) is 29.1 Å². The van der Waals surface area contributed by atoms with Crippen molar-refractivity contribution in [3.63, 3.8) is 0 Å². The number of nitrogens with one attached hydrogen (secondary N) is 2. The van der Waals surface area contributed by atoms with Crippen molar-refractivity contribution in [2.45, 2.75) is 58.3 Å². The highest BCUT2D eigenvalue weighted by molar-refractivity contribution is 5.88. The maximum absolute atomic E-state index is 13.0. The molecular weight excluding hydrogens is 348 g/mol. The Balaban J connectivity index is 1.28. The zero-order valence-corrected chi connectivity index (χ0v) is 17.2. The molecule has 4 aliphatic carbocycles. The molecule has 0 heterocycles. The van der Waals surface area contributed by atoms with E-state index in [1.807, 2.05) is 18.2 Å².